The first-order valence-corrected chi connectivity index (χ1v) is 6.04. The molecule has 4 heteroatoms. The number of amides is 1. The van der Waals surface area contributed by atoms with Crippen molar-refractivity contribution in [3.05, 3.63) is 0 Å². The molecular formula is C12H26N2O2. The zero-order valence-electron chi connectivity index (χ0n) is 10.9. The normalized spacial score (nSPS) is 15.2. The molecule has 2 unspecified atom stereocenters. The van der Waals surface area contributed by atoms with E-state index in [0.29, 0.717) is 31.2 Å². The average Bonchev–Trinajstić information content (AvgIpc) is 2.11. The van der Waals surface area contributed by atoms with Gasteiger partial charge in [-0.3, -0.25) is 4.79 Å². The predicted octanol–water partition coefficient (Wildman–Crippen LogP) is 0.883. The maximum absolute atomic E-state index is 11.5. The Morgan fingerprint density at radius 3 is 2.12 bits per heavy atom. The second kappa shape index (κ2) is 7.63. The van der Waals surface area contributed by atoms with E-state index >= 15 is 0 Å². The number of aliphatic hydroxyl groups excluding tert-OH is 1. The van der Waals surface area contributed by atoms with Crippen LogP contribution in [0.25, 0.3) is 0 Å². The second-order valence-electron chi connectivity index (χ2n) is 5.26. The van der Waals surface area contributed by atoms with E-state index in [0.717, 1.165) is 0 Å². The van der Waals surface area contributed by atoms with Gasteiger partial charge in [0.05, 0.1) is 12.1 Å². The van der Waals surface area contributed by atoms with E-state index in [1.807, 2.05) is 27.7 Å². The van der Waals surface area contributed by atoms with Crippen molar-refractivity contribution in [3.8, 4) is 0 Å². The maximum Gasteiger partial charge on any atom is 0.237 e. The van der Waals surface area contributed by atoms with Gasteiger partial charge in [-0.2, -0.15) is 0 Å². The molecule has 0 heterocycles. The molecule has 4 nitrogen and oxygen atoms in total. The lowest BCUT2D eigenvalue weighted by Gasteiger charge is -2.17. The lowest BCUT2D eigenvalue weighted by Crippen LogP contribution is -2.44. The molecular weight excluding hydrogens is 204 g/mol. The fourth-order valence-electron chi connectivity index (χ4n) is 1.59. The van der Waals surface area contributed by atoms with Crippen LogP contribution >= 0.6 is 0 Å². The van der Waals surface area contributed by atoms with Crippen molar-refractivity contribution < 1.29 is 9.90 Å². The van der Waals surface area contributed by atoms with Gasteiger partial charge in [0.2, 0.25) is 5.91 Å². The Bertz CT molecular complexity index is 205. The van der Waals surface area contributed by atoms with Gasteiger partial charge in [0, 0.05) is 6.54 Å². The molecule has 4 N–H and O–H groups in total. The van der Waals surface area contributed by atoms with Crippen molar-refractivity contribution in [2.75, 3.05) is 6.54 Å². The van der Waals surface area contributed by atoms with Crippen LogP contribution in [0.5, 0.6) is 0 Å². The highest BCUT2D eigenvalue weighted by Crippen LogP contribution is 2.04. The highest BCUT2D eigenvalue weighted by atomic mass is 16.3. The second-order valence-corrected chi connectivity index (χ2v) is 5.26. The topological polar surface area (TPSA) is 75.3 Å². The summed E-state index contributed by atoms with van der Waals surface area (Å²) in [5.41, 5.74) is 5.71. The highest BCUT2D eigenvalue weighted by molar-refractivity contribution is 5.81. The summed E-state index contributed by atoms with van der Waals surface area (Å²) in [6.45, 7) is 8.43. The summed E-state index contributed by atoms with van der Waals surface area (Å²) in [6, 6.07) is -0.466. The number of nitrogens with two attached hydrogens (primary N) is 1. The quantitative estimate of drug-likeness (QED) is 0.608. The van der Waals surface area contributed by atoms with Gasteiger partial charge in [-0.25, -0.2) is 0 Å². The summed E-state index contributed by atoms with van der Waals surface area (Å²) in [6.07, 6.45) is 0.890. The van der Waals surface area contributed by atoms with Crippen LogP contribution in [0.2, 0.25) is 0 Å². The minimum absolute atomic E-state index is 0.170. The number of hydrogen-bond donors (Lipinski definition) is 3. The van der Waals surface area contributed by atoms with Crippen LogP contribution in [0.15, 0.2) is 0 Å². The molecule has 96 valence electrons. The minimum atomic E-state index is -0.477. The number of nitrogens with one attached hydrogen (secondary N) is 1. The molecule has 0 aromatic carbocycles. The van der Waals surface area contributed by atoms with E-state index in [1.54, 1.807) is 0 Å². The van der Waals surface area contributed by atoms with E-state index in [2.05, 4.69) is 5.32 Å². The molecule has 0 aliphatic heterocycles. The van der Waals surface area contributed by atoms with E-state index in [9.17, 15) is 9.90 Å². The molecule has 1 amide bonds. The van der Waals surface area contributed by atoms with Crippen LogP contribution in [0.4, 0.5) is 0 Å². The summed E-state index contributed by atoms with van der Waals surface area (Å²) in [5, 5.41) is 12.3. The van der Waals surface area contributed by atoms with Gasteiger partial charge < -0.3 is 16.2 Å². The Labute approximate surface area is 98.6 Å². The SMILES string of the molecule is CC(C)CC(O)CNC(=O)C(N)CC(C)C. The monoisotopic (exact) mass is 230 g/mol. The molecule has 16 heavy (non-hydrogen) atoms. The van der Waals surface area contributed by atoms with Gasteiger partial charge in [-0.1, -0.05) is 27.7 Å². The maximum atomic E-state index is 11.5. The average molecular weight is 230 g/mol. The molecule has 0 saturated heterocycles. The van der Waals surface area contributed by atoms with Crippen molar-refractivity contribution in [3.63, 3.8) is 0 Å². The summed E-state index contributed by atoms with van der Waals surface area (Å²) in [7, 11) is 0. The van der Waals surface area contributed by atoms with E-state index in [1.165, 1.54) is 0 Å². The fourth-order valence-corrected chi connectivity index (χ4v) is 1.59. The fraction of sp³-hybridized carbons (Fsp3) is 0.917. The first kappa shape index (κ1) is 15.4. The molecule has 0 saturated carbocycles. The standard InChI is InChI=1S/C12H26N2O2/c1-8(2)5-10(15)7-14-12(16)11(13)6-9(3)4/h8-11,15H,5-7,13H2,1-4H3,(H,14,16). The van der Waals surface area contributed by atoms with Crippen molar-refractivity contribution in [2.24, 2.45) is 17.6 Å². The molecule has 0 aliphatic carbocycles. The Hall–Kier alpha value is -0.610. The first-order chi connectivity index (χ1) is 7.32. The Morgan fingerprint density at radius 1 is 1.19 bits per heavy atom. The van der Waals surface area contributed by atoms with Crippen LogP contribution in [0.3, 0.4) is 0 Å². The summed E-state index contributed by atoms with van der Waals surface area (Å²) in [5.74, 6) is 0.661. The number of carbonyl (C=O) groups is 1. The van der Waals surface area contributed by atoms with E-state index in [4.69, 9.17) is 5.73 Å². The van der Waals surface area contributed by atoms with Gasteiger partial charge in [0.15, 0.2) is 0 Å². The van der Waals surface area contributed by atoms with Gasteiger partial charge in [0.1, 0.15) is 0 Å². The molecule has 0 spiro atoms. The molecule has 0 fully saturated rings. The van der Waals surface area contributed by atoms with Crippen molar-refractivity contribution >= 4 is 5.91 Å². The zero-order valence-corrected chi connectivity index (χ0v) is 10.9. The number of rotatable bonds is 7. The smallest absolute Gasteiger partial charge is 0.237 e. The summed E-state index contributed by atoms with van der Waals surface area (Å²) >= 11 is 0. The van der Waals surface area contributed by atoms with Gasteiger partial charge in [-0.05, 0) is 24.7 Å². The molecule has 0 bridgehead atoms. The molecule has 0 radical (unpaired) electrons. The first-order valence-electron chi connectivity index (χ1n) is 6.04. The predicted molar refractivity (Wildman–Crippen MR) is 65.9 cm³/mol. The lowest BCUT2D eigenvalue weighted by molar-refractivity contribution is -0.123. The zero-order chi connectivity index (χ0) is 12.7. The summed E-state index contributed by atoms with van der Waals surface area (Å²) < 4.78 is 0. The molecule has 0 aromatic heterocycles. The molecule has 0 aromatic rings. The van der Waals surface area contributed by atoms with Crippen LogP contribution < -0.4 is 11.1 Å². The van der Waals surface area contributed by atoms with Gasteiger partial charge in [0.25, 0.3) is 0 Å². The van der Waals surface area contributed by atoms with Crippen LogP contribution in [0.1, 0.15) is 40.5 Å². The molecule has 0 rings (SSSR count). The largest absolute Gasteiger partial charge is 0.391 e. The summed E-state index contributed by atoms with van der Waals surface area (Å²) in [4.78, 5) is 11.5. The van der Waals surface area contributed by atoms with Gasteiger partial charge in [-0.15, -0.1) is 0 Å². The third-order valence-electron chi connectivity index (χ3n) is 2.32. The van der Waals surface area contributed by atoms with Crippen LogP contribution in [-0.2, 0) is 4.79 Å². The Balaban J connectivity index is 3.79. The number of carbonyl (C=O) groups excluding carboxylic acids is 1. The van der Waals surface area contributed by atoms with E-state index in [-0.39, 0.29) is 5.91 Å². The Morgan fingerprint density at radius 2 is 1.69 bits per heavy atom. The lowest BCUT2D eigenvalue weighted by atomic mass is 10.0. The Kier molecular flexibility index (Phi) is 7.34. The van der Waals surface area contributed by atoms with Crippen molar-refractivity contribution in [2.45, 2.75) is 52.7 Å². The van der Waals surface area contributed by atoms with Gasteiger partial charge >= 0.3 is 0 Å². The van der Waals surface area contributed by atoms with Crippen LogP contribution in [0, 0.1) is 11.8 Å². The number of aliphatic hydroxyl groups is 1. The van der Waals surface area contributed by atoms with E-state index < -0.39 is 12.1 Å². The molecule has 0 aliphatic rings. The minimum Gasteiger partial charge on any atom is -0.391 e. The van der Waals surface area contributed by atoms with Crippen molar-refractivity contribution in [1.29, 1.82) is 0 Å². The third kappa shape index (κ3) is 7.65. The number of hydrogen-bond acceptors (Lipinski definition) is 3. The van der Waals surface area contributed by atoms with Crippen molar-refractivity contribution in [1.82, 2.24) is 5.32 Å². The highest BCUT2D eigenvalue weighted by Gasteiger charge is 2.16. The van der Waals surface area contributed by atoms with Crippen LogP contribution in [-0.4, -0.2) is 29.7 Å². The third-order valence-corrected chi connectivity index (χ3v) is 2.32. The molecule has 2 atom stereocenters.